The van der Waals surface area contributed by atoms with Crippen LogP contribution in [0.25, 0.3) is 0 Å². The van der Waals surface area contributed by atoms with Crippen LogP contribution in [0.2, 0.25) is 0 Å². The molecule has 5 heteroatoms. The second-order valence-electron chi connectivity index (χ2n) is 3.20. The highest BCUT2D eigenvalue weighted by atomic mass is 16.1. The second-order valence-corrected chi connectivity index (χ2v) is 3.20. The Bertz CT molecular complexity index is 270. The summed E-state index contributed by atoms with van der Waals surface area (Å²) in [6.45, 7) is 3.47. The maximum Gasteiger partial charge on any atom is 0.224 e. The van der Waals surface area contributed by atoms with Crippen LogP contribution in [0.1, 0.15) is 6.92 Å². The van der Waals surface area contributed by atoms with Crippen LogP contribution in [0.4, 0.5) is 0 Å². The van der Waals surface area contributed by atoms with Crippen LogP contribution in [-0.4, -0.2) is 28.8 Å². The molecule has 0 radical (unpaired) electrons. The minimum atomic E-state index is -0.118. The van der Waals surface area contributed by atoms with Crippen molar-refractivity contribution in [1.29, 1.82) is 0 Å². The molecule has 3 N–H and O–H groups in total. The summed E-state index contributed by atoms with van der Waals surface area (Å²) in [6.07, 6.45) is 3.57. The maximum atomic E-state index is 11.3. The van der Waals surface area contributed by atoms with E-state index < -0.39 is 0 Å². The minimum Gasteiger partial charge on any atom is -0.354 e. The fourth-order valence-corrected chi connectivity index (χ4v) is 1.01. The summed E-state index contributed by atoms with van der Waals surface area (Å²) >= 11 is 0. The molecule has 0 saturated heterocycles. The Hall–Kier alpha value is -1.36. The van der Waals surface area contributed by atoms with E-state index in [-0.39, 0.29) is 11.8 Å². The summed E-state index contributed by atoms with van der Waals surface area (Å²) in [4.78, 5) is 11.3. The molecule has 1 aromatic rings. The van der Waals surface area contributed by atoms with Gasteiger partial charge in [-0.3, -0.25) is 9.48 Å². The third kappa shape index (κ3) is 3.18. The highest BCUT2D eigenvalue weighted by Crippen LogP contribution is 1.90. The van der Waals surface area contributed by atoms with E-state index in [9.17, 15) is 4.79 Å². The average Bonchev–Trinajstić information content (AvgIpc) is 2.69. The van der Waals surface area contributed by atoms with Crippen molar-refractivity contribution in [2.24, 2.45) is 11.7 Å². The van der Waals surface area contributed by atoms with Gasteiger partial charge in [0.1, 0.15) is 0 Å². The first-order valence-corrected chi connectivity index (χ1v) is 4.69. The zero-order valence-electron chi connectivity index (χ0n) is 8.31. The second kappa shape index (κ2) is 5.39. The molecule has 1 unspecified atom stereocenters. The quantitative estimate of drug-likeness (QED) is 0.672. The molecule has 1 amide bonds. The van der Waals surface area contributed by atoms with Crippen molar-refractivity contribution < 1.29 is 4.79 Å². The number of nitrogens with two attached hydrogens (primary N) is 1. The Morgan fingerprint density at radius 3 is 3.07 bits per heavy atom. The number of nitrogens with zero attached hydrogens (tertiary/aromatic N) is 2. The molecule has 0 fully saturated rings. The molecule has 1 atom stereocenters. The largest absolute Gasteiger partial charge is 0.354 e. The third-order valence-electron chi connectivity index (χ3n) is 2.00. The molecule has 0 spiro atoms. The SMILES string of the molecule is CC(CN)C(=O)NCCn1cccn1. The fraction of sp³-hybridized carbons (Fsp3) is 0.556. The molecule has 1 rings (SSSR count). The van der Waals surface area contributed by atoms with Gasteiger partial charge in [0.2, 0.25) is 5.91 Å². The first kappa shape index (κ1) is 10.7. The Morgan fingerprint density at radius 1 is 1.71 bits per heavy atom. The van der Waals surface area contributed by atoms with Crippen LogP contribution in [0.15, 0.2) is 18.5 Å². The van der Waals surface area contributed by atoms with Crippen molar-refractivity contribution in [2.45, 2.75) is 13.5 Å². The zero-order chi connectivity index (χ0) is 10.4. The monoisotopic (exact) mass is 196 g/mol. The van der Waals surface area contributed by atoms with Gasteiger partial charge in [0.15, 0.2) is 0 Å². The number of nitrogens with one attached hydrogen (secondary N) is 1. The number of carbonyl (C=O) groups excluding carboxylic acids is 1. The Labute approximate surface area is 83.3 Å². The molecule has 0 aliphatic heterocycles. The first-order chi connectivity index (χ1) is 6.74. The van der Waals surface area contributed by atoms with Gasteiger partial charge in [0, 0.05) is 31.4 Å². The molecule has 0 aliphatic rings. The summed E-state index contributed by atoms with van der Waals surface area (Å²) in [5, 5.41) is 6.81. The smallest absolute Gasteiger partial charge is 0.224 e. The van der Waals surface area contributed by atoms with E-state index in [2.05, 4.69) is 10.4 Å². The lowest BCUT2D eigenvalue weighted by atomic mass is 10.2. The van der Waals surface area contributed by atoms with E-state index in [1.54, 1.807) is 10.9 Å². The average molecular weight is 196 g/mol. The van der Waals surface area contributed by atoms with Crippen molar-refractivity contribution in [3.8, 4) is 0 Å². The van der Waals surface area contributed by atoms with Gasteiger partial charge >= 0.3 is 0 Å². The van der Waals surface area contributed by atoms with Gasteiger partial charge in [-0.25, -0.2) is 0 Å². The molecule has 0 aliphatic carbocycles. The van der Waals surface area contributed by atoms with E-state index >= 15 is 0 Å². The Morgan fingerprint density at radius 2 is 2.50 bits per heavy atom. The van der Waals surface area contributed by atoms with E-state index in [0.29, 0.717) is 19.6 Å². The molecular formula is C9H16N4O. The molecule has 14 heavy (non-hydrogen) atoms. The van der Waals surface area contributed by atoms with E-state index in [0.717, 1.165) is 0 Å². The first-order valence-electron chi connectivity index (χ1n) is 4.69. The van der Waals surface area contributed by atoms with Gasteiger partial charge < -0.3 is 11.1 Å². The Kier molecular flexibility index (Phi) is 4.12. The van der Waals surface area contributed by atoms with Crippen LogP contribution < -0.4 is 11.1 Å². The van der Waals surface area contributed by atoms with Crippen molar-refractivity contribution in [1.82, 2.24) is 15.1 Å². The Balaban J connectivity index is 2.18. The van der Waals surface area contributed by atoms with Crippen LogP contribution in [0.3, 0.4) is 0 Å². The number of carbonyl (C=O) groups is 1. The lowest BCUT2D eigenvalue weighted by molar-refractivity contribution is -0.124. The summed E-state index contributed by atoms with van der Waals surface area (Å²) in [7, 11) is 0. The van der Waals surface area contributed by atoms with E-state index in [1.165, 1.54) is 0 Å². The maximum absolute atomic E-state index is 11.3. The van der Waals surface area contributed by atoms with Gasteiger partial charge in [0.05, 0.1) is 6.54 Å². The molecule has 0 bridgehead atoms. The van der Waals surface area contributed by atoms with Gasteiger partial charge in [-0.15, -0.1) is 0 Å². The lowest BCUT2D eigenvalue weighted by Gasteiger charge is -2.09. The standard InChI is InChI=1S/C9H16N4O/c1-8(7-10)9(14)11-4-6-13-5-2-3-12-13/h2-3,5,8H,4,6-7,10H2,1H3,(H,11,14). The minimum absolute atomic E-state index is 0.000318. The van der Waals surface area contributed by atoms with E-state index in [1.807, 2.05) is 19.2 Å². The van der Waals surface area contributed by atoms with Crippen molar-refractivity contribution >= 4 is 5.91 Å². The molecule has 1 aromatic heterocycles. The molecule has 78 valence electrons. The number of rotatable bonds is 5. The van der Waals surface area contributed by atoms with Crippen LogP contribution in [0, 0.1) is 5.92 Å². The molecular weight excluding hydrogens is 180 g/mol. The van der Waals surface area contributed by atoms with Gasteiger partial charge in [0.25, 0.3) is 0 Å². The van der Waals surface area contributed by atoms with Crippen LogP contribution in [0.5, 0.6) is 0 Å². The normalized spacial score (nSPS) is 12.4. The summed E-state index contributed by atoms with van der Waals surface area (Å²) in [6, 6.07) is 1.85. The number of hydrogen-bond donors (Lipinski definition) is 2. The van der Waals surface area contributed by atoms with Crippen molar-refractivity contribution in [3.63, 3.8) is 0 Å². The van der Waals surface area contributed by atoms with Gasteiger partial charge in [-0.2, -0.15) is 5.10 Å². The highest BCUT2D eigenvalue weighted by molar-refractivity contribution is 5.78. The number of amides is 1. The lowest BCUT2D eigenvalue weighted by Crippen LogP contribution is -2.35. The topological polar surface area (TPSA) is 72.9 Å². The number of aromatic nitrogens is 2. The summed E-state index contributed by atoms with van der Waals surface area (Å²) in [5.74, 6) is -0.118. The van der Waals surface area contributed by atoms with Gasteiger partial charge in [-0.05, 0) is 6.07 Å². The van der Waals surface area contributed by atoms with Crippen LogP contribution in [-0.2, 0) is 11.3 Å². The number of hydrogen-bond acceptors (Lipinski definition) is 3. The van der Waals surface area contributed by atoms with Gasteiger partial charge in [-0.1, -0.05) is 6.92 Å². The molecule has 5 nitrogen and oxygen atoms in total. The fourth-order valence-electron chi connectivity index (χ4n) is 1.01. The predicted molar refractivity (Wildman–Crippen MR) is 53.5 cm³/mol. The predicted octanol–water partition coefficient (Wildman–Crippen LogP) is -0.406. The molecule has 0 saturated carbocycles. The molecule has 0 aromatic carbocycles. The zero-order valence-corrected chi connectivity index (χ0v) is 8.31. The third-order valence-corrected chi connectivity index (χ3v) is 2.00. The highest BCUT2D eigenvalue weighted by Gasteiger charge is 2.08. The van der Waals surface area contributed by atoms with Crippen LogP contribution >= 0.6 is 0 Å². The molecule has 1 heterocycles. The summed E-state index contributed by atoms with van der Waals surface area (Å²) < 4.78 is 1.77. The van der Waals surface area contributed by atoms with Crippen molar-refractivity contribution in [2.75, 3.05) is 13.1 Å². The summed E-state index contributed by atoms with van der Waals surface area (Å²) in [5.41, 5.74) is 5.36. The van der Waals surface area contributed by atoms with E-state index in [4.69, 9.17) is 5.73 Å². The van der Waals surface area contributed by atoms with Crippen molar-refractivity contribution in [3.05, 3.63) is 18.5 Å².